The van der Waals surface area contributed by atoms with Crippen LogP contribution in [0.1, 0.15) is 18.9 Å². The summed E-state index contributed by atoms with van der Waals surface area (Å²) in [6.45, 7) is 3.99. The monoisotopic (exact) mass is 400 g/mol. The molecule has 4 atom stereocenters. The second-order valence-electron chi connectivity index (χ2n) is 7.54. The van der Waals surface area contributed by atoms with Gasteiger partial charge in [0.2, 0.25) is 11.8 Å². The van der Waals surface area contributed by atoms with Crippen molar-refractivity contribution in [2.24, 2.45) is 28.7 Å². The first kappa shape index (κ1) is 19.0. The summed E-state index contributed by atoms with van der Waals surface area (Å²) in [6.07, 6.45) is 5.19. The van der Waals surface area contributed by atoms with Gasteiger partial charge in [-0.1, -0.05) is 42.0 Å². The summed E-state index contributed by atoms with van der Waals surface area (Å²) in [6, 6.07) is 7.61. The maximum atomic E-state index is 12.7. The number of guanidine groups is 1. The molecule has 1 aliphatic heterocycles. The quantitative estimate of drug-likeness (QED) is 0.332. The SMILES string of the molecule is CCNC(=NCc1ccccc1Cl)NCCN1C(=O)C2C3C=CC(C3)C2C1=O. The molecule has 0 spiro atoms. The van der Waals surface area contributed by atoms with E-state index in [0.29, 0.717) is 30.6 Å². The highest BCUT2D eigenvalue weighted by Crippen LogP contribution is 2.52. The largest absolute Gasteiger partial charge is 0.357 e. The van der Waals surface area contributed by atoms with Crippen molar-refractivity contribution in [3.05, 3.63) is 47.0 Å². The fourth-order valence-corrected chi connectivity index (χ4v) is 4.80. The Labute approximate surface area is 170 Å². The molecule has 1 aromatic rings. The van der Waals surface area contributed by atoms with Crippen LogP contribution in [0.3, 0.4) is 0 Å². The molecule has 28 heavy (non-hydrogen) atoms. The number of carbonyl (C=O) groups is 2. The van der Waals surface area contributed by atoms with Crippen molar-refractivity contribution in [3.63, 3.8) is 0 Å². The average molecular weight is 401 g/mol. The topological polar surface area (TPSA) is 73.8 Å². The van der Waals surface area contributed by atoms with Crippen LogP contribution in [0.4, 0.5) is 0 Å². The van der Waals surface area contributed by atoms with Crippen molar-refractivity contribution in [1.29, 1.82) is 0 Å². The number of benzene rings is 1. The summed E-state index contributed by atoms with van der Waals surface area (Å²) in [5.41, 5.74) is 0.946. The Morgan fingerprint density at radius 2 is 1.82 bits per heavy atom. The zero-order valence-electron chi connectivity index (χ0n) is 15.9. The Morgan fingerprint density at radius 1 is 1.14 bits per heavy atom. The number of imide groups is 1. The van der Waals surface area contributed by atoms with E-state index in [9.17, 15) is 9.59 Å². The minimum absolute atomic E-state index is 0.00773. The van der Waals surface area contributed by atoms with Crippen LogP contribution in [-0.4, -0.2) is 42.3 Å². The number of fused-ring (bicyclic) bond motifs is 5. The van der Waals surface area contributed by atoms with Crippen LogP contribution in [0, 0.1) is 23.7 Å². The third kappa shape index (κ3) is 3.41. The van der Waals surface area contributed by atoms with Gasteiger partial charge in [0.1, 0.15) is 0 Å². The van der Waals surface area contributed by atoms with Gasteiger partial charge in [0.15, 0.2) is 5.96 Å². The lowest BCUT2D eigenvalue weighted by Crippen LogP contribution is -2.43. The maximum Gasteiger partial charge on any atom is 0.233 e. The van der Waals surface area contributed by atoms with Crippen LogP contribution in [0.15, 0.2) is 41.4 Å². The Morgan fingerprint density at radius 3 is 2.46 bits per heavy atom. The molecule has 0 aromatic heterocycles. The van der Waals surface area contributed by atoms with Crippen LogP contribution in [0.2, 0.25) is 5.02 Å². The molecule has 0 radical (unpaired) electrons. The first-order valence-corrected chi connectivity index (χ1v) is 10.3. The second-order valence-corrected chi connectivity index (χ2v) is 7.95. The number of rotatable bonds is 6. The molecule has 4 rings (SSSR count). The zero-order chi connectivity index (χ0) is 19.7. The third-order valence-electron chi connectivity index (χ3n) is 5.90. The highest BCUT2D eigenvalue weighted by molar-refractivity contribution is 6.31. The van der Waals surface area contributed by atoms with Gasteiger partial charge in [-0.05, 0) is 36.8 Å². The third-order valence-corrected chi connectivity index (χ3v) is 6.27. The number of allylic oxidation sites excluding steroid dienone is 2. The number of likely N-dealkylation sites (tertiary alicyclic amines) is 1. The Kier molecular flexibility index (Phi) is 5.40. The van der Waals surface area contributed by atoms with E-state index in [0.717, 1.165) is 18.5 Å². The van der Waals surface area contributed by atoms with Crippen molar-refractivity contribution in [1.82, 2.24) is 15.5 Å². The standard InChI is InChI=1S/C21H25ClN4O2/c1-2-23-21(25-12-15-5-3-4-6-16(15)22)24-9-10-26-19(27)17-13-7-8-14(11-13)18(17)20(26)28/h3-8,13-14,17-18H,2,9-12H2,1H3,(H2,23,24,25). The van der Waals surface area contributed by atoms with Gasteiger partial charge < -0.3 is 10.6 Å². The van der Waals surface area contributed by atoms with Gasteiger partial charge in [-0.3, -0.25) is 14.5 Å². The summed E-state index contributed by atoms with van der Waals surface area (Å²) in [7, 11) is 0. The zero-order valence-corrected chi connectivity index (χ0v) is 16.7. The van der Waals surface area contributed by atoms with Crippen molar-refractivity contribution in [2.45, 2.75) is 19.9 Å². The lowest BCUT2D eigenvalue weighted by atomic mass is 9.85. The van der Waals surface area contributed by atoms with Gasteiger partial charge in [0.05, 0.1) is 18.4 Å². The number of hydrogen-bond donors (Lipinski definition) is 2. The molecule has 2 amide bonds. The summed E-state index contributed by atoms with van der Waals surface area (Å²) >= 11 is 6.19. The minimum atomic E-state index is -0.135. The van der Waals surface area contributed by atoms with Crippen LogP contribution in [0.25, 0.3) is 0 Å². The lowest BCUT2D eigenvalue weighted by molar-refractivity contribution is -0.140. The molecular formula is C21H25ClN4O2. The predicted octanol–water partition coefficient (Wildman–Crippen LogP) is 2.20. The van der Waals surface area contributed by atoms with E-state index in [1.165, 1.54) is 4.90 Å². The Bertz CT molecular complexity index is 807. The number of amides is 2. The molecule has 1 heterocycles. The van der Waals surface area contributed by atoms with Crippen LogP contribution in [0.5, 0.6) is 0 Å². The summed E-state index contributed by atoms with van der Waals surface area (Å²) in [5.74, 6) is 0.855. The number of halogens is 1. The molecule has 1 saturated carbocycles. The number of nitrogens with zero attached hydrogens (tertiary/aromatic N) is 2. The molecule has 148 valence electrons. The van der Waals surface area contributed by atoms with E-state index in [1.807, 2.05) is 31.2 Å². The van der Waals surface area contributed by atoms with Gasteiger partial charge in [-0.2, -0.15) is 0 Å². The Hall–Kier alpha value is -2.34. The molecule has 1 aromatic carbocycles. The highest BCUT2D eigenvalue weighted by Gasteiger charge is 2.58. The fourth-order valence-electron chi connectivity index (χ4n) is 4.60. The van der Waals surface area contributed by atoms with Gasteiger partial charge in [0.25, 0.3) is 0 Å². The first-order chi connectivity index (χ1) is 13.6. The number of hydrogen-bond acceptors (Lipinski definition) is 3. The first-order valence-electron chi connectivity index (χ1n) is 9.89. The maximum absolute atomic E-state index is 12.7. The second kappa shape index (κ2) is 7.95. The molecule has 7 heteroatoms. The number of aliphatic imine (C=N–C) groups is 1. The van der Waals surface area contributed by atoms with Crippen molar-refractivity contribution in [2.75, 3.05) is 19.6 Å². The minimum Gasteiger partial charge on any atom is -0.357 e. The van der Waals surface area contributed by atoms with Crippen molar-refractivity contribution < 1.29 is 9.59 Å². The lowest BCUT2D eigenvalue weighted by Gasteiger charge is -2.18. The molecule has 2 bridgehead atoms. The normalized spacial score (nSPS) is 28.2. The fraction of sp³-hybridized carbons (Fsp3) is 0.476. The summed E-state index contributed by atoms with van der Waals surface area (Å²) in [4.78, 5) is 31.4. The van der Waals surface area contributed by atoms with E-state index in [4.69, 9.17) is 11.6 Å². The van der Waals surface area contributed by atoms with Crippen molar-refractivity contribution >= 4 is 29.4 Å². The molecular weight excluding hydrogens is 376 g/mol. The molecule has 6 nitrogen and oxygen atoms in total. The summed E-state index contributed by atoms with van der Waals surface area (Å²) < 4.78 is 0. The van der Waals surface area contributed by atoms with E-state index >= 15 is 0 Å². The molecule has 1 saturated heterocycles. The van der Waals surface area contributed by atoms with Gasteiger partial charge >= 0.3 is 0 Å². The van der Waals surface area contributed by atoms with Crippen LogP contribution < -0.4 is 10.6 Å². The molecule has 2 aliphatic carbocycles. The molecule has 2 N–H and O–H groups in total. The van der Waals surface area contributed by atoms with Gasteiger partial charge in [-0.25, -0.2) is 4.99 Å². The Balaban J connectivity index is 1.34. The van der Waals surface area contributed by atoms with Gasteiger partial charge in [-0.15, -0.1) is 0 Å². The molecule has 4 unspecified atom stereocenters. The molecule has 2 fully saturated rings. The highest BCUT2D eigenvalue weighted by atomic mass is 35.5. The van der Waals surface area contributed by atoms with E-state index in [2.05, 4.69) is 27.8 Å². The summed E-state index contributed by atoms with van der Waals surface area (Å²) in [5, 5.41) is 7.08. The number of nitrogens with one attached hydrogen (secondary N) is 2. The van der Waals surface area contributed by atoms with E-state index in [-0.39, 0.29) is 35.5 Å². The van der Waals surface area contributed by atoms with Crippen LogP contribution in [-0.2, 0) is 16.1 Å². The number of carbonyl (C=O) groups excluding carboxylic acids is 2. The average Bonchev–Trinajstić information content (AvgIpc) is 3.36. The predicted molar refractivity (Wildman–Crippen MR) is 109 cm³/mol. The smallest absolute Gasteiger partial charge is 0.233 e. The van der Waals surface area contributed by atoms with E-state index in [1.54, 1.807) is 0 Å². The molecule has 3 aliphatic rings. The van der Waals surface area contributed by atoms with Crippen LogP contribution >= 0.6 is 11.6 Å². The van der Waals surface area contributed by atoms with Crippen molar-refractivity contribution in [3.8, 4) is 0 Å². The van der Waals surface area contributed by atoms with E-state index < -0.39 is 0 Å². The van der Waals surface area contributed by atoms with Gasteiger partial charge in [0, 0.05) is 24.7 Å².